The smallest absolute Gasteiger partial charge is 0.191 e. The first-order valence-electron chi connectivity index (χ1n) is 7.95. The van der Waals surface area contributed by atoms with Gasteiger partial charge in [-0.15, -0.1) is 35.3 Å². The normalized spacial score (nSPS) is 12.4. The van der Waals surface area contributed by atoms with E-state index in [-0.39, 0.29) is 29.7 Å². The lowest BCUT2D eigenvalue weighted by Gasteiger charge is -2.17. The Kier molecular flexibility index (Phi) is 9.13. The van der Waals surface area contributed by atoms with Crippen LogP contribution < -0.4 is 10.6 Å². The summed E-state index contributed by atoms with van der Waals surface area (Å²) in [5.74, 6) is 1.10. The number of thiophene rings is 1. The molecule has 1 aromatic carbocycles. The number of benzene rings is 1. The lowest BCUT2D eigenvalue weighted by atomic mass is 10.2. The summed E-state index contributed by atoms with van der Waals surface area (Å²) < 4.78 is 0. The third-order valence-corrected chi connectivity index (χ3v) is 4.41. The van der Waals surface area contributed by atoms with E-state index in [1.165, 1.54) is 9.75 Å². The summed E-state index contributed by atoms with van der Waals surface area (Å²) in [5.41, 5.74) is 1.07. The summed E-state index contributed by atoms with van der Waals surface area (Å²) in [7, 11) is 0. The van der Waals surface area contributed by atoms with Gasteiger partial charge < -0.3 is 15.7 Å². The first kappa shape index (κ1) is 20.8. The van der Waals surface area contributed by atoms with Gasteiger partial charge in [-0.25, -0.2) is 4.99 Å². The lowest BCUT2D eigenvalue weighted by molar-refractivity contribution is 0.475. The molecule has 0 aliphatic heterocycles. The minimum absolute atomic E-state index is 0. The Morgan fingerprint density at radius 3 is 2.50 bits per heavy atom. The lowest BCUT2D eigenvalue weighted by Crippen LogP contribution is -2.43. The van der Waals surface area contributed by atoms with E-state index in [4.69, 9.17) is 0 Å². The number of nitrogens with one attached hydrogen (secondary N) is 2. The molecular weight excluding hydrogens is 433 g/mol. The molecule has 0 radical (unpaired) electrons. The average molecular weight is 459 g/mol. The summed E-state index contributed by atoms with van der Waals surface area (Å²) in [5, 5.41) is 16.1. The van der Waals surface area contributed by atoms with Crippen LogP contribution in [0.15, 0.2) is 41.4 Å². The minimum Gasteiger partial charge on any atom is -0.508 e. The maximum absolute atomic E-state index is 9.32. The van der Waals surface area contributed by atoms with Crippen molar-refractivity contribution in [2.75, 3.05) is 6.54 Å². The van der Waals surface area contributed by atoms with Crippen molar-refractivity contribution >= 4 is 41.3 Å². The molecule has 0 fully saturated rings. The predicted molar refractivity (Wildman–Crippen MR) is 114 cm³/mol. The number of halogens is 1. The highest BCUT2D eigenvalue weighted by Crippen LogP contribution is 2.16. The van der Waals surface area contributed by atoms with Crippen LogP contribution in [0.2, 0.25) is 0 Å². The van der Waals surface area contributed by atoms with Crippen molar-refractivity contribution in [1.82, 2.24) is 10.6 Å². The van der Waals surface area contributed by atoms with Gasteiger partial charge in [0.1, 0.15) is 5.75 Å². The minimum atomic E-state index is 0. The number of rotatable bonds is 6. The van der Waals surface area contributed by atoms with Crippen LogP contribution in [0, 0.1) is 6.92 Å². The molecule has 6 heteroatoms. The zero-order valence-electron chi connectivity index (χ0n) is 14.4. The number of aryl methyl sites for hydroxylation is 1. The van der Waals surface area contributed by atoms with Crippen molar-refractivity contribution in [3.63, 3.8) is 0 Å². The Hall–Kier alpha value is -1.28. The monoisotopic (exact) mass is 459 g/mol. The van der Waals surface area contributed by atoms with Crippen molar-refractivity contribution in [3.05, 3.63) is 51.7 Å². The van der Waals surface area contributed by atoms with Gasteiger partial charge in [0.25, 0.3) is 0 Å². The number of aliphatic imine (C=N–C) groups is 1. The number of hydrogen-bond acceptors (Lipinski definition) is 3. The number of guanidine groups is 1. The van der Waals surface area contributed by atoms with Crippen LogP contribution in [-0.4, -0.2) is 23.7 Å². The van der Waals surface area contributed by atoms with Crippen molar-refractivity contribution in [1.29, 1.82) is 0 Å². The van der Waals surface area contributed by atoms with E-state index in [0.717, 1.165) is 24.5 Å². The van der Waals surface area contributed by atoms with Gasteiger partial charge in [-0.05, 0) is 50.6 Å². The van der Waals surface area contributed by atoms with Crippen molar-refractivity contribution in [2.45, 2.75) is 39.8 Å². The second-order valence-corrected chi connectivity index (χ2v) is 7.00. The van der Waals surface area contributed by atoms with Gasteiger partial charge in [-0.2, -0.15) is 0 Å². The Morgan fingerprint density at radius 1 is 1.21 bits per heavy atom. The van der Waals surface area contributed by atoms with Crippen LogP contribution in [0.5, 0.6) is 5.75 Å². The van der Waals surface area contributed by atoms with Gasteiger partial charge in [0.15, 0.2) is 5.96 Å². The SMILES string of the molecule is CCNC(=NCc1ccc(O)cc1)NC(C)Cc1ccc(C)s1.I. The molecule has 4 nitrogen and oxygen atoms in total. The van der Waals surface area contributed by atoms with Crippen LogP contribution in [0.4, 0.5) is 0 Å². The Labute approximate surface area is 165 Å². The summed E-state index contributed by atoms with van der Waals surface area (Å²) in [6, 6.07) is 11.8. The summed E-state index contributed by atoms with van der Waals surface area (Å²) in [6.45, 7) is 7.77. The van der Waals surface area contributed by atoms with Gasteiger partial charge in [0.05, 0.1) is 6.54 Å². The molecule has 1 unspecified atom stereocenters. The molecule has 3 N–H and O–H groups in total. The number of nitrogens with zero attached hydrogens (tertiary/aromatic N) is 1. The highest BCUT2D eigenvalue weighted by Gasteiger charge is 2.07. The van der Waals surface area contributed by atoms with Crippen LogP contribution in [0.25, 0.3) is 0 Å². The molecule has 0 saturated carbocycles. The van der Waals surface area contributed by atoms with E-state index in [9.17, 15) is 5.11 Å². The number of aromatic hydroxyl groups is 1. The first-order chi connectivity index (χ1) is 11.1. The summed E-state index contributed by atoms with van der Waals surface area (Å²) >= 11 is 1.84. The Morgan fingerprint density at radius 2 is 1.92 bits per heavy atom. The zero-order chi connectivity index (χ0) is 16.7. The summed E-state index contributed by atoms with van der Waals surface area (Å²) in [6.07, 6.45) is 0.988. The number of phenolic OH excluding ortho intramolecular Hbond substituents is 1. The van der Waals surface area contributed by atoms with Gasteiger partial charge in [-0.3, -0.25) is 0 Å². The molecule has 0 aliphatic rings. The third kappa shape index (κ3) is 7.09. The quantitative estimate of drug-likeness (QED) is 0.347. The molecule has 1 atom stereocenters. The third-order valence-electron chi connectivity index (χ3n) is 3.39. The van der Waals surface area contributed by atoms with E-state index >= 15 is 0 Å². The Bertz CT molecular complexity index is 640. The molecule has 0 bridgehead atoms. The fourth-order valence-electron chi connectivity index (χ4n) is 2.27. The molecule has 0 aliphatic carbocycles. The molecule has 132 valence electrons. The second kappa shape index (κ2) is 10.6. The zero-order valence-corrected chi connectivity index (χ0v) is 17.5. The van der Waals surface area contributed by atoms with Crippen LogP contribution in [-0.2, 0) is 13.0 Å². The molecule has 0 saturated heterocycles. The molecular formula is C18H26IN3OS. The Balaban J connectivity index is 0.00000288. The van der Waals surface area contributed by atoms with Gasteiger partial charge >= 0.3 is 0 Å². The molecule has 0 amide bonds. The summed E-state index contributed by atoms with van der Waals surface area (Å²) in [4.78, 5) is 7.35. The molecule has 2 rings (SSSR count). The van der Waals surface area contributed by atoms with Gasteiger partial charge in [0.2, 0.25) is 0 Å². The first-order valence-corrected chi connectivity index (χ1v) is 8.76. The molecule has 1 heterocycles. The number of hydrogen-bond donors (Lipinski definition) is 3. The van der Waals surface area contributed by atoms with Crippen molar-refractivity contribution in [3.8, 4) is 5.75 Å². The topological polar surface area (TPSA) is 56.7 Å². The van der Waals surface area contributed by atoms with Crippen LogP contribution in [0.1, 0.15) is 29.2 Å². The fraction of sp³-hybridized carbons (Fsp3) is 0.389. The maximum atomic E-state index is 9.32. The second-order valence-electron chi connectivity index (χ2n) is 5.62. The molecule has 0 spiro atoms. The van der Waals surface area contributed by atoms with Crippen molar-refractivity contribution in [2.24, 2.45) is 4.99 Å². The van der Waals surface area contributed by atoms with Crippen LogP contribution >= 0.6 is 35.3 Å². The standard InChI is InChI=1S/C18H25N3OS.HI/c1-4-19-18(20-12-15-6-8-16(22)9-7-15)21-13(2)11-17-10-5-14(3)23-17;/h5-10,13,22H,4,11-12H2,1-3H3,(H2,19,20,21);1H. The van der Waals surface area contributed by atoms with Gasteiger partial charge in [-0.1, -0.05) is 12.1 Å². The predicted octanol–water partition coefficient (Wildman–Crippen LogP) is 4.07. The maximum Gasteiger partial charge on any atom is 0.191 e. The average Bonchev–Trinajstić information content (AvgIpc) is 2.91. The highest BCUT2D eigenvalue weighted by atomic mass is 127. The largest absolute Gasteiger partial charge is 0.508 e. The van der Waals surface area contributed by atoms with Crippen LogP contribution in [0.3, 0.4) is 0 Å². The fourth-order valence-corrected chi connectivity index (χ4v) is 3.29. The highest BCUT2D eigenvalue weighted by molar-refractivity contribution is 14.0. The molecule has 2 aromatic rings. The molecule has 1 aromatic heterocycles. The van der Waals surface area contributed by atoms with Crippen molar-refractivity contribution < 1.29 is 5.11 Å². The van der Waals surface area contributed by atoms with E-state index in [0.29, 0.717) is 12.6 Å². The van der Waals surface area contributed by atoms with E-state index in [1.54, 1.807) is 12.1 Å². The number of phenols is 1. The van der Waals surface area contributed by atoms with E-state index in [2.05, 4.69) is 48.5 Å². The molecule has 24 heavy (non-hydrogen) atoms. The van der Waals surface area contributed by atoms with E-state index < -0.39 is 0 Å². The van der Waals surface area contributed by atoms with Gasteiger partial charge in [0, 0.05) is 28.8 Å². The van der Waals surface area contributed by atoms with E-state index in [1.807, 2.05) is 23.5 Å².